The maximum atomic E-state index is 6.26. The Balaban J connectivity index is 0.00000225. The number of halogens is 2. The first-order valence-corrected chi connectivity index (χ1v) is 9.06. The van der Waals surface area contributed by atoms with Crippen LogP contribution in [0.5, 0.6) is 11.5 Å². The highest BCUT2D eigenvalue weighted by Gasteiger charge is 2.12. The lowest BCUT2D eigenvalue weighted by atomic mass is 10.3. The van der Waals surface area contributed by atoms with Gasteiger partial charge in [0.1, 0.15) is 12.4 Å². The highest BCUT2D eigenvalue weighted by molar-refractivity contribution is 14.0. The second kappa shape index (κ2) is 8.87. The molecule has 28 heavy (non-hydrogen) atoms. The van der Waals surface area contributed by atoms with Gasteiger partial charge in [-0.2, -0.15) is 0 Å². The Bertz CT molecular complexity index is 1020. The quantitative estimate of drug-likeness (QED) is 0.315. The fraction of sp³-hybridized carbons (Fsp3) is 0.263. The Morgan fingerprint density at radius 1 is 1.25 bits per heavy atom. The zero-order chi connectivity index (χ0) is 18.8. The van der Waals surface area contributed by atoms with Gasteiger partial charge in [0.2, 0.25) is 0 Å². The van der Waals surface area contributed by atoms with Crippen molar-refractivity contribution in [3.8, 4) is 11.5 Å². The summed E-state index contributed by atoms with van der Waals surface area (Å²) in [6.45, 7) is 1.63. The van der Waals surface area contributed by atoms with E-state index < -0.39 is 0 Å². The highest BCUT2D eigenvalue weighted by atomic mass is 127. The molecule has 7 nitrogen and oxygen atoms in total. The van der Waals surface area contributed by atoms with Crippen molar-refractivity contribution >= 4 is 58.3 Å². The minimum Gasteiger partial charge on any atom is -0.490 e. The van der Waals surface area contributed by atoms with Crippen LogP contribution in [0.25, 0.3) is 11.0 Å². The first-order chi connectivity index (χ1) is 13.1. The van der Waals surface area contributed by atoms with E-state index in [4.69, 9.17) is 26.8 Å². The Morgan fingerprint density at radius 2 is 2.04 bits per heavy atom. The van der Waals surface area contributed by atoms with E-state index in [2.05, 4.69) is 15.3 Å². The van der Waals surface area contributed by atoms with Crippen molar-refractivity contribution in [2.75, 3.05) is 18.5 Å². The Labute approximate surface area is 184 Å². The van der Waals surface area contributed by atoms with E-state index in [1.165, 1.54) is 0 Å². The minimum absolute atomic E-state index is 0. The van der Waals surface area contributed by atoms with Gasteiger partial charge < -0.3 is 25.1 Å². The summed E-state index contributed by atoms with van der Waals surface area (Å²) < 4.78 is 13.3. The van der Waals surface area contributed by atoms with Crippen molar-refractivity contribution in [3.63, 3.8) is 0 Å². The molecule has 2 heterocycles. The average molecular weight is 514 g/mol. The van der Waals surface area contributed by atoms with Crippen LogP contribution in [-0.2, 0) is 13.6 Å². The number of fused-ring (bicyclic) bond motifs is 2. The first-order valence-electron chi connectivity index (χ1n) is 8.68. The molecule has 1 aliphatic rings. The van der Waals surface area contributed by atoms with Crippen molar-refractivity contribution in [1.82, 2.24) is 9.55 Å². The molecule has 0 saturated carbocycles. The number of nitrogens with zero attached hydrogens (tertiary/aromatic N) is 3. The topological polar surface area (TPSA) is 86.7 Å². The van der Waals surface area contributed by atoms with Crippen LogP contribution in [-0.4, -0.2) is 28.7 Å². The van der Waals surface area contributed by atoms with Gasteiger partial charge in [-0.1, -0.05) is 17.7 Å². The Hall–Kier alpha value is -2.20. The molecule has 4 rings (SSSR count). The number of hydrogen-bond acceptors (Lipinski definition) is 4. The van der Waals surface area contributed by atoms with Gasteiger partial charge in [0.25, 0.3) is 0 Å². The summed E-state index contributed by atoms with van der Waals surface area (Å²) in [4.78, 5) is 8.96. The summed E-state index contributed by atoms with van der Waals surface area (Å²) in [6.07, 6.45) is 0.864. The Morgan fingerprint density at radius 3 is 2.82 bits per heavy atom. The van der Waals surface area contributed by atoms with E-state index in [0.717, 1.165) is 34.7 Å². The van der Waals surface area contributed by atoms with Crippen LogP contribution in [0.15, 0.2) is 41.4 Å². The summed E-state index contributed by atoms with van der Waals surface area (Å²) in [7, 11) is 1.92. The number of aliphatic imine (C=N–C) groups is 1. The summed E-state index contributed by atoms with van der Waals surface area (Å²) in [6, 6.07) is 11.3. The van der Waals surface area contributed by atoms with Gasteiger partial charge in [-0.05, 0) is 24.3 Å². The molecule has 0 amide bonds. The van der Waals surface area contributed by atoms with E-state index in [-0.39, 0.29) is 24.0 Å². The van der Waals surface area contributed by atoms with Crippen LogP contribution in [0.1, 0.15) is 12.2 Å². The van der Waals surface area contributed by atoms with Crippen LogP contribution in [0.4, 0.5) is 5.69 Å². The normalized spacial score (nSPS) is 13.7. The molecule has 0 fully saturated rings. The number of aryl methyl sites for hydroxylation is 1. The van der Waals surface area contributed by atoms with Gasteiger partial charge >= 0.3 is 0 Å². The zero-order valence-corrected chi connectivity index (χ0v) is 18.4. The number of benzene rings is 2. The first kappa shape index (κ1) is 20.5. The molecule has 1 aromatic heterocycles. The SMILES string of the molecule is Cn1c(CN=C(N)Nc2ccc3c(c2)OCCCO3)nc2cccc(Cl)c21.I. The van der Waals surface area contributed by atoms with Gasteiger partial charge in [-0.25, -0.2) is 9.98 Å². The molecular weight excluding hydrogens is 493 g/mol. The van der Waals surface area contributed by atoms with Gasteiger partial charge in [-0.15, -0.1) is 24.0 Å². The van der Waals surface area contributed by atoms with Crippen LogP contribution < -0.4 is 20.5 Å². The number of anilines is 1. The number of nitrogens with one attached hydrogen (secondary N) is 1. The van der Waals surface area contributed by atoms with E-state index in [9.17, 15) is 0 Å². The molecule has 0 bridgehead atoms. The summed E-state index contributed by atoms with van der Waals surface area (Å²) in [5, 5.41) is 3.74. The third-order valence-electron chi connectivity index (χ3n) is 4.35. The van der Waals surface area contributed by atoms with E-state index in [1.54, 1.807) is 0 Å². The van der Waals surface area contributed by atoms with E-state index in [0.29, 0.717) is 36.5 Å². The largest absolute Gasteiger partial charge is 0.490 e. The Kier molecular flexibility index (Phi) is 6.50. The lowest BCUT2D eigenvalue weighted by Gasteiger charge is -2.10. The second-order valence-corrected chi connectivity index (χ2v) is 6.64. The van der Waals surface area contributed by atoms with Crippen LogP contribution >= 0.6 is 35.6 Å². The maximum Gasteiger partial charge on any atom is 0.193 e. The van der Waals surface area contributed by atoms with Gasteiger partial charge in [0.05, 0.1) is 29.3 Å². The third-order valence-corrected chi connectivity index (χ3v) is 4.65. The molecule has 0 unspecified atom stereocenters. The maximum absolute atomic E-state index is 6.26. The number of hydrogen-bond donors (Lipinski definition) is 2. The second-order valence-electron chi connectivity index (χ2n) is 6.23. The summed E-state index contributed by atoms with van der Waals surface area (Å²) in [5.74, 6) is 2.52. The number of nitrogens with two attached hydrogens (primary N) is 1. The molecule has 1 aliphatic heterocycles. The summed E-state index contributed by atoms with van der Waals surface area (Å²) in [5.41, 5.74) is 8.55. The smallest absolute Gasteiger partial charge is 0.193 e. The molecule has 3 N–H and O–H groups in total. The molecule has 3 aromatic rings. The molecule has 0 spiro atoms. The van der Waals surface area contributed by atoms with Crippen LogP contribution in [0.3, 0.4) is 0 Å². The van der Waals surface area contributed by atoms with Crippen molar-refractivity contribution < 1.29 is 9.47 Å². The van der Waals surface area contributed by atoms with Gasteiger partial charge in [0, 0.05) is 25.2 Å². The number of para-hydroxylation sites is 1. The van der Waals surface area contributed by atoms with Gasteiger partial charge in [-0.3, -0.25) is 0 Å². The zero-order valence-electron chi connectivity index (χ0n) is 15.3. The van der Waals surface area contributed by atoms with Gasteiger partial charge in [0.15, 0.2) is 17.5 Å². The fourth-order valence-corrected chi connectivity index (χ4v) is 3.29. The number of imidazole rings is 1. The predicted octanol–water partition coefficient (Wildman–Crippen LogP) is 3.93. The van der Waals surface area contributed by atoms with Crippen molar-refractivity contribution in [1.29, 1.82) is 0 Å². The standard InChI is InChI=1S/C19H20ClN5O2.HI/c1-25-17(24-14-5-2-4-13(20)18(14)25)11-22-19(21)23-12-6-7-15-16(10-12)27-9-3-8-26-15;/h2,4-7,10H,3,8-9,11H2,1H3,(H3,21,22,23);1H. The number of rotatable bonds is 3. The molecule has 0 atom stereocenters. The molecule has 0 saturated heterocycles. The van der Waals surface area contributed by atoms with Crippen LogP contribution in [0, 0.1) is 0 Å². The van der Waals surface area contributed by atoms with Crippen LogP contribution in [0.2, 0.25) is 5.02 Å². The lowest BCUT2D eigenvalue weighted by molar-refractivity contribution is 0.297. The number of guanidine groups is 1. The molecule has 0 aliphatic carbocycles. The highest BCUT2D eigenvalue weighted by Crippen LogP contribution is 2.32. The minimum atomic E-state index is 0. The molecule has 2 aromatic carbocycles. The van der Waals surface area contributed by atoms with Crippen molar-refractivity contribution in [2.24, 2.45) is 17.8 Å². The number of ether oxygens (including phenoxy) is 2. The summed E-state index contributed by atoms with van der Waals surface area (Å²) >= 11 is 6.26. The molecule has 148 valence electrons. The predicted molar refractivity (Wildman–Crippen MR) is 122 cm³/mol. The molecule has 0 radical (unpaired) electrons. The monoisotopic (exact) mass is 513 g/mol. The number of aromatic nitrogens is 2. The molecule has 9 heteroatoms. The molecular formula is C19H21ClIN5O2. The van der Waals surface area contributed by atoms with E-state index in [1.807, 2.05) is 48.0 Å². The fourth-order valence-electron chi connectivity index (χ4n) is 3.00. The lowest BCUT2D eigenvalue weighted by Crippen LogP contribution is -2.22. The third kappa shape index (κ3) is 4.27. The average Bonchev–Trinajstić information content (AvgIpc) is 2.82. The van der Waals surface area contributed by atoms with Crippen molar-refractivity contribution in [3.05, 3.63) is 47.2 Å². The van der Waals surface area contributed by atoms with E-state index >= 15 is 0 Å². The van der Waals surface area contributed by atoms with Crippen molar-refractivity contribution in [2.45, 2.75) is 13.0 Å².